The minimum absolute atomic E-state index is 0.0230. The van der Waals surface area contributed by atoms with Crippen LogP contribution in [0.3, 0.4) is 0 Å². The van der Waals surface area contributed by atoms with Gasteiger partial charge in [0.15, 0.2) is 5.76 Å². The van der Waals surface area contributed by atoms with Crippen LogP contribution >= 0.6 is 0 Å². The van der Waals surface area contributed by atoms with Gasteiger partial charge in [-0.05, 0) is 36.4 Å². The van der Waals surface area contributed by atoms with Crippen molar-refractivity contribution in [3.8, 4) is 11.3 Å². The quantitative estimate of drug-likeness (QED) is 0.388. The van der Waals surface area contributed by atoms with E-state index in [1.54, 1.807) is 0 Å². The topological polar surface area (TPSA) is 161 Å². The first-order valence-corrected chi connectivity index (χ1v) is 9.13. The summed E-state index contributed by atoms with van der Waals surface area (Å²) in [6.45, 7) is -0.590. The molecule has 170 valence electrons. The number of rotatable bonds is 5. The maximum absolute atomic E-state index is 13.4. The van der Waals surface area contributed by atoms with Crippen LogP contribution in [0.15, 0.2) is 59.0 Å². The molecule has 0 radical (unpaired) electrons. The highest BCUT2D eigenvalue weighted by Gasteiger charge is 2.22. The van der Waals surface area contributed by atoms with E-state index in [4.69, 9.17) is 10.2 Å². The first kappa shape index (κ1) is 23.0. The number of furan rings is 1. The van der Waals surface area contributed by atoms with Crippen LogP contribution in [-0.4, -0.2) is 34.3 Å². The number of nitro groups is 1. The maximum Gasteiger partial charge on any atom is 0.307 e. The summed E-state index contributed by atoms with van der Waals surface area (Å²) in [6.07, 6.45) is 0. The number of nitrogens with two attached hydrogens (primary N) is 1. The Morgan fingerprint density at radius 1 is 0.970 bits per heavy atom. The van der Waals surface area contributed by atoms with Gasteiger partial charge in [0.05, 0.1) is 11.5 Å². The Hall–Kier alpha value is -4.65. The third-order valence-electron chi connectivity index (χ3n) is 4.17. The van der Waals surface area contributed by atoms with Gasteiger partial charge in [0.25, 0.3) is 17.5 Å². The van der Waals surface area contributed by atoms with Crippen LogP contribution in [0, 0.1) is 21.7 Å². The minimum Gasteiger partial charge on any atom is -0.451 e. The van der Waals surface area contributed by atoms with Crippen molar-refractivity contribution < 1.29 is 32.5 Å². The van der Waals surface area contributed by atoms with E-state index in [2.05, 4.69) is 10.9 Å². The van der Waals surface area contributed by atoms with Gasteiger partial charge in [-0.2, -0.15) is 5.12 Å². The summed E-state index contributed by atoms with van der Waals surface area (Å²) in [5.41, 5.74) is 9.24. The Balaban J connectivity index is 1.74. The third kappa shape index (κ3) is 5.54. The highest BCUT2D eigenvalue weighted by Crippen LogP contribution is 2.24. The number of carbonyl (C=O) groups is 3. The molecule has 2 aromatic carbocycles. The summed E-state index contributed by atoms with van der Waals surface area (Å²) in [6, 6.07) is 9.62. The molecule has 0 saturated heterocycles. The molecule has 0 fully saturated rings. The van der Waals surface area contributed by atoms with Crippen molar-refractivity contribution in [2.75, 3.05) is 6.54 Å². The van der Waals surface area contributed by atoms with Crippen LogP contribution in [0.5, 0.6) is 0 Å². The van der Waals surface area contributed by atoms with Gasteiger partial charge in [-0.3, -0.25) is 24.5 Å². The van der Waals surface area contributed by atoms with E-state index in [-0.39, 0.29) is 28.3 Å². The minimum atomic E-state index is -0.982. The molecule has 3 amide bonds. The lowest BCUT2D eigenvalue weighted by Gasteiger charge is -2.22. The zero-order valence-electron chi connectivity index (χ0n) is 16.6. The van der Waals surface area contributed by atoms with E-state index in [1.165, 1.54) is 12.1 Å². The van der Waals surface area contributed by atoms with Gasteiger partial charge in [-0.1, -0.05) is 0 Å². The number of nitro benzene ring substituents is 1. The molecule has 0 spiro atoms. The summed E-state index contributed by atoms with van der Waals surface area (Å²) in [5.74, 6) is -4.81. The number of non-ortho nitro benzene ring substituents is 1. The van der Waals surface area contributed by atoms with E-state index in [0.29, 0.717) is 11.2 Å². The zero-order valence-corrected chi connectivity index (χ0v) is 16.6. The summed E-state index contributed by atoms with van der Waals surface area (Å²) >= 11 is 0. The van der Waals surface area contributed by atoms with Crippen molar-refractivity contribution in [1.82, 2.24) is 16.0 Å². The number of amides is 3. The first-order valence-electron chi connectivity index (χ1n) is 9.13. The first-order chi connectivity index (χ1) is 15.7. The van der Waals surface area contributed by atoms with Crippen LogP contribution in [0.25, 0.3) is 11.3 Å². The molecule has 0 unspecified atom stereocenters. The van der Waals surface area contributed by atoms with E-state index in [0.717, 1.165) is 36.4 Å². The zero-order chi connectivity index (χ0) is 24.1. The summed E-state index contributed by atoms with van der Waals surface area (Å²) in [7, 11) is 0. The fourth-order valence-corrected chi connectivity index (χ4v) is 2.61. The number of nitrogens with zero attached hydrogens (tertiary/aromatic N) is 2. The van der Waals surface area contributed by atoms with Crippen molar-refractivity contribution in [2.24, 2.45) is 5.73 Å². The molecule has 1 aromatic heterocycles. The van der Waals surface area contributed by atoms with Gasteiger partial charge in [0.1, 0.15) is 17.4 Å². The lowest BCUT2D eigenvalue weighted by Crippen LogP contribution is -2.57. The van der Waals surface area contributed by atoms with Crippen LogP contribution in [0.1, 0.15) is 20.9 Å². The standard InChI is InChI=1S/C20H15F2N5O6/c21-13-7-12(8-14(22)9-13)16-5-6-17(33-16)20(30)25-26(18(28)10-23)24-19(29)11-1-3-15(4-2-11)27(31)32/h1-9H,10,23H2,(H,24,29)(H,25,30). The molecule has 3 aromatic rings. The van der Waals surface area contributed by atoms with Crippen molar-refractivity contribution in [2.45, 2.75) is 0 Å². The predicted molar refractivity (Wildman–Crippen MR) is 108 cm³/mol. The number of hydrogen-bond donors (Lipinski definition) is 3. The lowest BCUT2D eigenvalue weighted by molar-refractivity contribution is -0.384. The molecule has 0 aliphatic carbocycles. The molecular weight excluding hydrogens is 444 g/mol. The molecule has 3 rings (SSSR count). The fourth-order valence-electron chi connectivity index (χ4n) is 2.61. The van der Waals surface area contributed by atoms with E-state index >= 15 is 0 Å². The van der Waals surface area contributed by atoms with Gasteiger partial charge in [0, 0.05) is 29.3 Å². The second-order valence-electron chi connectivity index (χ2n) is 6.44. The molecule has 1 heterocycles. The van der Waals surface area contributed by atoms with Crippen LogP contribution in [0.4, 0.5) is 14.5 Å². The van der Waals surface area contributed by atoms with Gasteiger partial charge in [-0.15, -0.1) is 0 Å². The molecular formula is C20H15F2N5O6. The van der Waals surface area contributed by atoms with Gasteiger partial charge in [0.2, 0.25) is 0 Å². The van der Waals surface area contributed by atoms with Crippen molar-refractivity contribution >= 4 is 23.4 Å². The van der Waals surface area contributed by atoms with Gasteiger partial charge < -0.3 is 10.2 Å². The Morgan fingerprint density at radius 2 is 1.58 bits per heavy atom. The molecule has 33 heavy (non-hydrogen) atoms. The number of carbonyl (C=O) groups excluding carboxylic acids is 3. The van der Waals surface area contributed by atoms with Gasteiger partial charge >= 0.3 is 5.91 Å². The normalized spacial score (nSPS) is 10.4. The van der Waals surface area contributed by atoms with Gasteiger partial charge in [-0.25, -0.2) is 19.6 Å². The maximum atomic E-state index is 13.4. The van der Waals surface area contributed by atoms with Crippen LogP contribution in [0.2, 0.25) is 0 Å². The Morgan fingerprint density at radius 3 is 2.15 bits per heavy atom. The van der Waals surface area contributed by atoms with Crippen LogP contribution in [-0.2, 0) is 4.79 Å². The molecule has 0 bridgehead atoms. The number of hydrazine groups is 2. The second-order valence-corrected chi connectivity index (χ2v) is 6.44. The molecule has 0 saturated carbocycles. The van der Waals surface area contributed by atoms with E-state index in [1.807, 2.05) is 0 Å². The largest absolute Gasteiger partial charge is 0.451 e. The highest BCUT2D eigenvalue weighted by atomic mass is 19.1. The summed E-state index contributed by atoms with van der Waals surface area (Å²) in [4.78, 5) is 47.0. The van der Waals surface area contributed by atoms with Crippen LogP contribution < -0.4 is 16.6 Å². The molecule has 0 aliphatic rings. The lowest BCUT2D eigenvalue weighted by atomic mass is 10.1. The van der Waals surface area contributed by atoms with Crippen molar-refractivity contribution in [3.63, 3.8) is 0 Å². The SMILES string of the molecule is NCC(=O)N(NC(=O)c1ccc([N+](=O)[O-])cc1)NC(=O)c1ccc(-c2cc(F)cc(F)c2)o1. The number of hydrogen-bond acceptors (Lipinski definition) is 7. The Bertz CT molecular complexity index is 1210. The Labute approximate surface area is 183 Å². The third-order valence-corrected chi connectivity index (χ3v) is 4.17. The summed E-state index contributed by atoms with van der Waals surface area (Å²) in [5, 5.41) is 11.1. The molecule has 0 aliphatic heterocycles. The van der Waals surface area contributed by atoms with E-state index in [9.17, 15) is 33.3 Å². The number of benzene rings is 2. The monoisotopic (exact) mass is 459 g/mol. The van der Waals surface area contributed by atoms with E-state index < -0.39 is 40.8 Å². The predicted octanol–water partition coefficient (Wildman–Crippen LogP) is 1.91. The molecule has 0 atom stereocenters. The average Bonchev–Trinajstić information content (AvgIpc) is 3.28. The average molecular weight is 459 g/mol. The van der Waals surface area contributed by atoms with Crippen molar-refractivity contribution in [3.05, 3.63) is 87.7 Å². The number of halogens is 2. The summed E-state index contributed by atoms with van der Waals surface area (Å²) < 4.78 is 32.1. The Kier molecular flexibility index (Phi) is 6.74. The molecule has 11 nitrogen and oxygen atoms in total. The molecule has 4 N–H and O–H groups in total. The van der Waals surface area contributed by atoms with Crippen molar-refractivity contribution in [1.29, 1.82) is 0 Å². The number of nitrogens with one attached hydrogen (secondary N) is 2. The second kappa shape index (κ2) is 9.65. The smallest absolute Gasteiger partial charge is 0.307 e. The highest BCUT2D eigenvalue weighted by molar-refractivity contribution is 5.97. The molecule has 13 heteroatoms. The fraction of sp³-hybridized carbons (Fsp3) is 0.0500.